The summed E-state index contributed by atoms with van der Waals surface area (Å²) in [6.45, 7) is 4.20. The second-order valence-electron chi connectivity index (χ2n) is 4.35. The Bertz CT molecular complexity index is 394. The first-order valence-electron chi connectivity index (χ1n) is 6.13. The lowest BCUT2D eigenvalue weighted by atomic mass is 9.90. The third kappa shape index (κ3) is 2.66. The molecule has 0 radical (unpaired) electrons. The summed E-state index contributed by atoms with van der Waals surface area (Å²) in [7, 11) is 1.84. The first-order chi connectivity index (χ1) is 8.22. The van der Waals surface area contributed by atoms with E-state index in [4.69, 9.17) is 4.74 Å². The fraction of sp³-hybridized carbons (Fsp3) is 0.667. The molecule has 1 aliphatic rings. The van der Waals surface area contributed by atoms with Crippen molar-refractivity contribution in [3.8, 4) is 0 Å². The van der Waals surface area contributed by atoms with Crippen molar-refractivity contribution in [3.63, 3.8) is 0 Å². The van der Waals surface area contributed by atoms with E-state index < -0.39 is 0 Å². The maximum atomic E-state index is 11.8. The van der Waals surface area contributed by atoms with E-state index >= 15 is 0 Å². The molecule has 0 bridgehead atoms. The summed E-state index contributed by atoms with van der Waals surface area (Å²) < 4.78 is 6.74. The highest BCUT2D eigenvalue weighted by molar-refractivity contribution is 5.89. The van der Waals surface area contributed by atoms with Gasteiger partial charge in [0.15, 0.2) is 5.69 Å². The quantitative estimate of drug-likeness (QED) is 0.799. The van der Waals surface area contributed by atoms with Crippen LogP contribution in [0.25, 0.3) is 0 Å². The van der Waals surface area contributed by atoms with E-state index in [0.29, 0.717) is 18.2 Å². The van der Waals surface area contributed by atoms with Gasteiger partial charge in [-0.15, -0.1) is 0 Å². The molecule has 0 unspecified atom stereocenters. The monoisotopic (exact) mass is 237 g/mol. The second-order valence-corrected chi connectivity index (χ2v) is 4.35. The number of rotatable bonds is 3. The second kappa shape index (κ2) is 5.31. The minimum Gasteiger partial charge on any atom is -0.461 e. The maximum Gasteiger partial charge on any atom is 0.359 e. The van der Waals surface area contributed by atoms with Gasteiger partial charge in [0.05, 0.1) is 6.61 Å². The summed E-state index contributed by atoms with van der Waals surface area (Å²) in [5.74, 6) is 0.117. The van der Waals surface area contributed by atoms with Crippen LogP contribution in [0.1, 0.15) is 41.7 Å². The third-order valence-corrected chi connectivity index (χ3v) is 3.10. The van der Waals surface area contributed by atoms with Gasteiger partial charge in [-0.05, 0) is 38.8 Å². The van der Waals surface area contributed by atoms with E-state index in [1.807, 2.05) is 20.2 Å². The molecule has 1 saturated heterocycles. The van der Waals surface area contributed by atoms with Gasteiger partial charge in [-0.25, -0.2) is 4.79 Å². The molecule has 1 N–H and O–H groups in total. The van der Waals surface area contributed by atoms with Crippen LogP contribution in [0, 0.1) is 0 Å². The van der Waals surface area contributed by atoms with Gasteiger partial charge in [0.1, 0.15) is 0 Å². The Hall–Kier alpha value is -1.36. The summed E-state index contributed by atoms with van der Waals surface area (Å²) >= 11 is 0. The number of esters is 1. The zero-order valence-electron chi connectivity index (χ0n) is 10.4. The Kier molecular flexibility index (Phi) is 3.78. The van der Waals surface area contributed by atoms with Crippen LogP contribution in [0.4, 0.5) is 0 Å². The molecule has 94 valence electrons. The van der Waals surface area contributed by atoms with Gasteiger partial charge in [0.25, 0.3) is 0 Å². The van der Waals surface area contributed by atoms with Crippen molar-refractivity contribution in [2.24, 2.45) is 7.05 Å². The largest absolute Gasteiger partial charge is 0.461 e. The molecule has 2 heterocycles. The van der Waals surface area contributed by atoms with Crippen molar-refractivity contribution in [1.29, 1.82) is 0 Å². The van der Waals surface area contributed by atoms with Gasteiger partial charge < -0.3 is 10.1 Å². The molecule has 0 saturated carbocycles. The number of nitrogens with zero attached hydrogens (tertiary/aromatic N) is 2. The minimum absolute atomic E-state index is 0.304. The van der Waals surface area contributed by atoms with Crippen LogP contribution in [0.3, 0.4) is 0 Å². The minimum atomic E-state index is -0.304. The standard InChI is InChI=1S/C12H19N3O2/c1-3-17-12(16)11-10(8-15(2)14-11)9-4-6-13-7-5-9/h8-9,13H,3-7H2,1-2H3. The average Bonchev–Trinajstić information content (AvgIpc) is 2.73. The predicted molar refractivity (Wildman–Crippen MR) is 64.0 cm³/mol. The molecular formula is C12H19N3O2. The fourth-order valence-electron chi connectivity index (χ4n) is 2.30. The molecule has 0 spiro atoms. The van der Waals surface area contributed by atoms with E-state index in [-0.39, 0.29) is 5.97 Å². The van der Waals surface area contributed by atoms with Crippen LogP contribution in [0.15, 0.2) is 6.20 Å². The summed E-state index contributed by atoms with van der Waals surface area (Å²) in [6.07, 6.45) is 4.05. The molecule has 0 amide bonds. The van der Waals surface area contributed by atoms with Gasteiger partial charge in [-0.3, -0.25) is 4.68 Å². The number of carbonyl (C=O) groups excluding carboxylic acids is 1. The lowest BCUT2D eigenvalue weighted by molar-refractivity contribution is 0.0516. The summed E-state index contributed by atoms with van der Waals surface area (Å²) in [5.41, 5.74) is 1.52. The van der Waals surface area contributed by atoms with Crippen molar-refractivity contribution in [2.45, 2.75) is 25.7 Å². The number of carbonyl (C=O) groups is 1. The van der Waals surface area contributed by atoms with Crippen LogP contribution >= 0.6 is 0 Å². The average molecular weight is 237 g/mol. The molecule has 1 aromatic rings. The van der Waals surface area contributed by atoms with Crippen LogP contribution in [-0.4, -0.2) is 35.4 Å². The Labute approximate surface area is 101 Å². The van der Waals surface area contributed by atoms with E-state index in [9.17, 15) is 4.79 Å². The predicted octanol–water partition coefficient (Wildman–Crippen LogP) is 1.06. The Morgan fingerprint density at radius 2 is 2.29 bits per heavy atom. The van der Waals surface area contributed by atoms with Crippen LogP contribution in [-0.2, 0) is 11.8 Å². The molecule has 17 heavy (non-hydrogen) atoms. The molecule has 0 atom stereocenters. The molecule has 1 aromatic heterocycles. The fourth-order valence-corrected chi connectivity index (χ4v) is 2.30. The molecule has 1 fully saturated rings. The third-order valence-electron chi connectivity index (χ3n) is 3.10. The first-order valence-corrected chi connectivity index (χ1v) is 6.13. The van der Waals surface area contributed by atoms with Crippen molar-refractivity contribution >= 4 is 5.97 Å². The van der Waals surface area contributed by atoms with Crippen LogP contribution in [0.5, 0.6) is 0 Å². The zero-order chi connectivity index (χ0) is 12.3. The van der Waals surface area contributed by atoms with E-state index in [1.165, 1.54) is 0 Å². The van der Waals surface area contributed by atoms with E-state index in [1.54, 1.807) is 4.68 Å². The lowest BCUT2D eigenvalue weighted by Gasteiger charge is -2.22. The number of ether oxygens (including phenoxy) is 1. The number of hydrogen-bond acceptors (Lipinski definition) is 4. The normalized spacial score (nSPS) is 17.1. The van der Waals surface area contributed by atoms with Gasteiger partial charge in [-0.2, -0.15) is 5.10 Å². The maximum absolute atomic E-state index is 11.8. The molecule has 0 aliphatic carbocycles. The molecule has 5 nitrogen and oxygen atoms in total. The molecule has 5 heteroatoms. The Morgan fingerprint density at radius 3 is 2.94 bits per heavy atom. The topological polar surface area (TPSA) is 56.1 Å². The van der Waals surface area contributed by atoms with Gasteiger partial charge in [-0.1, -0.05) is 0 Å². The SMILES string of the molecule is CCOC(=O)c1nn(C)cc1C1CCNCC1. The van der Waals surface area contributed by atoms with Gasteiger partial charge >= 0.3 is 5.97 Å². The summed E-state index contributed by atoms with van der Waals surface area (Å²) in [4.78, 5) is 11.8. The van der Waals surface area contributed by atoms with E-state index in [2.05, 4.69) is 10.4 Å². The lowest BCUT2D eigenvalue weighted by Crippen LogP contribution is -2.27. The van der Waals surface area contributed by atoms with Crippen molar-refractivity contribution < 1.29 is 9.53 Å². The van der Waals surface area contributed by atoms with E-state index in [0.717, 1.165) is 31.5 Å². The number of nitrogens with one attached hydrogen (secondary N) is 1. The van der Waals surface area contributed by atoms with Gasteiger partial charge in [0, 0.05) is 18.8 Å². The van der Waals surface area contributed by atoms with Crippen molar-refractivity contribution in [2.75, 3.05) is 19.7 Å². The molecular weight excluding hydrogens is 218 g/mol. The summed E-state index contributed by atoms with van der Waals surface area (Å²) in [6, 6.07) is 0. The van der Waals surface area contributed by atoms with Gasteiger partial charge in [0.2, 0.25) is 0 Å². The Balaban J connectivity index is 2.22. The number of aromatic nitrogens is 2. The Morgan fingerprint density at radius 1 is 1.59 bits per heavy atom. The highest BCUT2D eigenvalue weighted by atomic mass is 16.5. The number of aryl methyl sites for hydroxylation is 1. The zero-order valence-corrected chi connectivity index (χ0v) is 10.4. The highest BCUT2D eigenvalue weighted by Crippen LogP contribution is 2.27. The van der Waals surface area contributed by atoms with Crippen LogP contribution in [0.2, 0.25) is 0 Å². The van der Waals surface area contributed by atoms with Crippen molar-refractivity contribution in [3.05, 3.63) is 17.5 Å². The number of piperidine rings is 1. The van der Waals surface area contributed by atoms with Crippen molar-refractivity contribution in [1.82, 2.24) is 15.1 Å². The molecule has 1 aliphatic heterocycles. The molecule has 2 rings (SSSR count). The smallest absolute Gasteiger partial charge is 0.359 e. The van der Waals surface area contributed by atoms with Crippen LogP contribution < -0.4 is 5.32 Å². The highest BCUT2D eigenvalue weighted by Gasteiger charge is 2.25. The first kappa shape index (κ1) is 12.1. The summed E-state index contributed by atoms with van der Waals surface area (Å²) in [5, 5.41) is 7.55. The number of hydrogen-bond donors (Lipinski definition) is 1. The molecule has 0 aromatic carbocycles.